The Bertz CT molecular complexity index is 465. The number of para-hydroxylation sites is 1. The van der Waals surface area contributed by atoms with Crippen LogP contribution < -0.4 is 0 Å². The van der Waals surface area contributed by atoms with Crippen molar-refractivity contribution < 1.29 is 4.39 Å². The number of nitrogens with zero attached hydrogens (tertiary/aromatic N) is 1. The van der Waals surface area contributed by atoms with Crippen LogP contribution in [0.2, 0.25) is 0 Å². The SMILES string of the molecule is N#Cc1cccc2cc(F)[nH]c12. The van der Waals surface area contributed by atoms with Crippen LogP contribution in [0.4, 0.5) is 4.39 Å². The highest BCUT2D eigenvalue weighted by Gasteiger charge is 2.02. The van der Waals surface area contributed by atoms with E-state index in [-0.39, 0.29) is 0 Å². The number of hydrogen-bond donors (Lipinski definition) is 1. The van der Waals surface area contributed by atoms with E-state index in [1.165, 1.54) is 6.07 Å². The maximum Gasteiger partial charge on any atom is 0.192 e. The summed E-state index contributed by atoms with van der Waals surface area (Å²) in [5, 5.41) is 9.38. The average molecular weight is 160 g/mol. The Morgan fingerprint density at radius 2 is 2.25 bits per heavy atom. The minimum absolute atomic E-state index is 0.410. The van der Waals surface area contributed by atoms with Crippen LogP contribution in [0.3, 0.4) is 0 Å². The summed E-state index contributed by atoms with van der Waals surface area (Å²) in [6, 6.07) is 8.50. The number of benzene rings is 1. The van der Waals surface area contributed by atoms with Crippen molar-refractivity contribution in [2.45, 2.75) is 0 Å². The number of rotatable bonds is 0. The van der Waals surface area contributed by atoms with Gasteiger partial charge in [-0.1, -0.05) is 12.1 Å². The van der Waals surface area contributed by atoms with Gasteiger partial charge in [-0.2, -0.15) is 9.65 Å². The van der Waals surface area contributed by atoms with Crippen molar-refractivity contribution in [3.63, 3.8) is 0 Å². The molecule has 0 saturated heterocycles. The molecule has 0 fully saturated rings. The first-order valence-electron chi connectivity index (χ1n) is 3.48. The number of aromatic amines is 1. The maximum absolute atomic E-state index is 12.7. The summed E-state index contributed by atoms with van der Waals surface area (Å²) in [6.07, 6.45) is 0. The third-order valence-electron chi connectivity index (χ3n) is 1.74. The number of hydrogen-bond acceptors (Lipinski definition) is 1. The Hall–Kier alpha value is -1.82. The van der Waals surface area contributed by atoms with Crippen LogP contribution in [0.5, 0.6) is 0 Å². The number of halogens is 1. The van der Waals surface area contributed by atoms with E-state index in [1.807, 2.05) is 6.07 Å². The van der Waals surface area contributed by atoms with E-state index in [4.69, 9.17) is 5.26 Å². The lowest BCUT2D eigenvalue weighted by Crippen LogP contribution is -1.76. The molecule has 0 bridgehead atoms. The maximum atomic E-state index is 12.7. The van der Waals surface area contributed by atoms with Crippen LogP contribution in [-0.2, 0) is 0 Å². The quantitative estimate of drug-likeness (QED) is 0.630. The zero-order valence-corrected chi connectivity index (χ0v) is 6.13. The largest absolute Gasteiger partial charge is 0.330 e. The number of H-pyrrole nitrogens is 1. The van der Waals surface area contributed by atoms with Crippen LogP contribution >= 0.6 is 0 Å². The van der Waals surface area contributed by atoms with Gasteiger partial charge >= 0.3 is 0 Å². The van der Waals surface area contributed by atoms with E-state index in [9.17, 15) is 4.39 Å². The second-order valence-corrected chi connectivity index (χ2v) is 2.50. The van der Waals surface area contributed by atoms with Gasteiger partial charge in [0.1, 0.15) is 6.07 Å². The predicted octanol–water partition coefficient (Wildman–Crippen LogP) is 2.18. The van der Waals surface area contributed by atoms with Gasteiger partial charge in [-0.15, -0.1) is 0 Å². The summed E-state index contributed by atoms with van der Waals surface area (Å²) in [5.74, 6) is -0.410. The highest BCUT2D eigenvalue weighted by molar-refractivity contribution is 5.84. The molecule has 58 valence electrons. The van der Waals surface area contributed by atoms with Gasteiger partial charge in [0.25, 0.3) is 0 Å². The van der Waals surface area contributed by atoms with Gasteiger partial charge < -0.3 is 4.98 Å². The van der Waals surface area contributed by atoms with Crippen molar-refractivity contribution in [1.82, 2.24) is 4.98 Å². The lowest BCUT2D eigenvalue weighted by atomic mass is 10.2. The molecule has 0 aliphatic heterocycles. The van der Waals surface area contributed by atoms with Crippen molar-refractivity contribution in [3.05, 3.63) is 35.8 Å². The lowest BCUT2D eigenvalue weighted by Gasteiger charge is -1.89. The standard InChI is InChI=1S/C9H5FN2/c10-8-4-6-2-1-3-7(5-11)9(6)12-8/h1-4,12H. The van der Waals surface area contributed by atoms with E-state index in [0.29, 0.717) is 11.1 Å². The molecule has 0 saturated carbocycles. The molecular formula is C9H5FN2. The number of fused-ring (bicyclic) bond motifs is 1. The Labute approximate surface area is 68.2 Å². The second-order valence-electron chi connectivity index (χ2n) is 2.50. The monoisotopic (exact) mass is 160 g/mol. The fourth-order valence-electron chi connectivity index (χ4n) is 1.22. The molecule has 1 aromatic heterocycles. The average Bonchev–Trinajstić information content (AvgIpc) is 2.44. The second kappa shape index (κ2) is 2.35. The summed E-state index contributed by atoms with van der Waals surface area (Å²) in [7, 11) is 0. The van der Waals surface area contributed by atoms with E-state index >= 15 is 0 Å². The van der Waals surface area contributed by atoms with Crippen LogP contribution in [0.15, 0.2) is 24.3 Å². The van der Waals surface area contributed by atoms with Crippen molar-refractivity contribution in [1.29, 1.82) is 5.26 Å². The molecule has 0 spiro atoms. The summed E-state index contributed by atoms with van der Waals surface area (Å²) in [6.45, 7) is 0. The molecule has 0 radical (unpaired) electrons. The molecule has 3 heteroatoms. The third kappa shape index (κ3) is 0.857. The highest BCUT2D eigenvalue weighted by Crippen LogP contribution is 2.17. The van der Waals surface area contributed by atoms with Crippen LogP contribution in [0.1, 0.15) is 5.56 Å². The smallest absolute Gasteiger partial charge is 0.192 e. The highest BCUT2D eigenvalue weighted by atomic mass is 19.1. The molecule has 0 aliphatic carbocycles. The van der Waals surface area contributed by atoms with Crippen molar-refractivity contribution in [3.8, 4) is 6.07 Å². The first-order chi connectivity index (χ1) is 5.81. The molecule has 12 heavy (non-hydrogen) atoms. The van der Waals surface area contributed by atoms with Gasteiger partial charge in [0.05, 0.1) is 11.1 Å². The van der Waals surface area contributed by atoms with Crippen LogP contribution in [0, 0.1) is 17.3 Å². The van der Waals surface area contributed by atoms with Crippen LogP contribution in [-0.4, -0.2) is 4.98 Å². The first-order valence-corrected chi connectivity index (χ1v) is 3.48. The van der Waals surface area contributed by atoms with E-state index in [0.717, 1.165) is 5.39 Å². The molecule has 1 N–H and O–H groups in total. The van der Waals surface area contributed by atoms with E-state index < -0.39 is 5.95 Å². The molecule has 0 atom stereocenters. The Morgan fingerprint density at radius 3 is 3.00 bits per heavy atom. The summed E-state index contributed by atoms with van der Waals surface area (Å²) >= 11 is 0. The molecule has 1 aromatic carbocycles. The van der Waals surface area contributed by atoms with Gasteiger partial charge in [-0.05, 0) is 6.07 Å². The van der Waals surface area contributed by atoms with Gasteiger partial charge in [0, 0.05) is 11.5 Å². The molecule has 2 rings (SSSR count). The zero-order valence-electron chi connectivity index (χ0n) is 6.13. The van der Waals surface area contributed by atoms with E-state index in [2.05, 4.69) is 4.98 Å². The van der Waals surface area contributed by atoms with Crippen molar-refractivity contribution in [2.24, 2.45) is 0 Å². The van der Waals surface area contributed by atoms with E-state index in [1.54, 1.807) is 18.2 Å². The minimum atomic E-state index is -0.410. The van der Waals surface area contributed by atoms with Crippen molar-refractivity contribution >= 4 is 10.9 Å². The Kier molecular flexibility index (Phi) is 1.34. The fraction of sp³-hybridized carbons (Fsp3) is 0. The van der Waals surface area contributed by atoms with Crippen molar-refractivity contribution in [2.75, 3.05) is 0 Å². The summed E-state index contributed by atoms with van der Waals surface area (Å²) in [5.41, 5.74) is 1.04. The molecule has 2 aromatic rings. The topological polar surface area (TPSA) is 39.6 Å². The summed E-state index contributed by atoms with van der Waals surface area (Å²) < 4.78 is 12.7. The molecule has 0 aliphatic rings. The fourth-order valence-corrected chi connectivity index (χ4v) is 1.22. The molecule has 2 nitrogen and oxygen atoms in total. The molecule has 0 unspecified atom stereocenters. The molecular weight excluding hydrogens is 155 g/mol. The van der Waals surface area contributed by atoms with Gasteiger partial charge in [0.2, 0.25) is 0 Å². The Morgan fingerprint density at radius 1 is 1.42 bits per heavy atom. The Balaban J connectivity index is 2.89. The zero-order chi connectivity index (χ0) is 8.55. The van der Waals surface area contributed by atoms with Gasteiger partial charge in [-0.3, -0.25) is 0 Å². The van der Waals surface area contributed by atoms with Gasteiger partial charge in [0.15, 0.2) is 5.95 Å². The predicted molar refractivity (Wildman–Crippen MR) is 43.0 cm³/mol. The third-order valence-corrected chi connectivity index (χ3v) is 1.74. The number of nitrogens with one attached hydrogen (secondary N) is 1. The first kappa shape index (κ1) is 6.86. The lowest BCUT2D eigenvalue weighted by molar-refractivity contribution is 0.594. The molecule has 0 amide bonds. The van der Waals surface area contributed by atoms with Crippen LogP contribution in [0.25, 0.3) is 10.9 Å². The summed E-state index contributed by atoms with van der Waals surface area (Å²) in [4.78, 5) is 2.49. The number of nitriles is 1. The number of aromatic nitrogens is 1. The minimum Gasteiger partial charge on any atom is -0.330 e. The normalized spacial score (nSPS) is 10.0. The molecule has 1 heterocycles. The van der Waals surface area contributed by atoms with Gasteiger partial charge in [-0.25, -0.2) is 0 Å².